The molecule has 1 amide bonds. The van der Waals surface area contributed by atoms with Crippen molar-refractivity contribution in [3.05, 3.63) is 35.9 Å². The Labute approximate surface area is 150 Å². The highest BCUT2D eigenvalue weighted by Gasteiger charge is 2.58. The van der Waals surface area contributed by atoms with Crippen LogP contribution in [0.5, 0.6) is 0 Å². The Morgan fingerprint density at radius 2 is 1.73 bits per heavy atom. The van der Waals surface area contributed by atoms with Crippen LogP contribution >= 0.6 is 0 Å². The smallest absolute Gasteiger partial charge is 0.252 e. The SMILES string of the molecule is NC(=O)[C@](O)(C[C@H](O)[C@@H](N)Cc1ccccc1)C1(O)CCC(F)(F)CC1. The van der Waals surface area contributed by atoms with Crippen LogP contribution in [0.4, 0.5) is 8.78 Å². The van der Waals surface area contributed by atoms with Crippen molar-refractivity contribution in [2.75, 3.05) is 0 Å². The molecule has 0 spiro atoms. The molecule has 8 heteroatoms. The minimum atomic E-state index is -2.97. The Morgan fingerprint density at radius 1 is 1.19 bits per heavy atom. The van der Waals surface area contributed by atoms with E-state index in [9.17, 15) is 28.9 Å². The van der Waals surface area contributed by atoms with Crippen LogP contribution in [0, 0.1) is 0 Å². The lowest BCUT2D eigenvalue weighted by Gasteiger charge is -2.46. The molecule has 1 aromatic carbocycles. The fourth-order valence-electron chi connectivity index (χ4n) is 3.44. The van der Waals surface area contributed by atoms with Gasteiger partial charge in [-0.3, -0.25) is 4.79 Å². The van der Waals surface area contributed by atoms with Crippen molar-refractivity contribution < 1.29 is 28.9 Å². The molecule has 1 aliphatic rings. The van der Waals surface area contributed by atoms with Crippen molar-refractivity contribution in [2.24, 2.45) is 11.5 Å². The molecular weight excluding hydrogens is 346 g/mol. The van der Waals surface area contributed by atoms with E-state index in [1.807, 2.05) is 18.2 Å². The van der Waals surface area contributed by atoms with E-state index in [0.29, 0.717) is 0 Å². The molecule has 146 valence electrons. The summed E-state index contributed by atoms with van der Waals surface area (Å²) in [6.07, 6.45) is -4.07. The van der Waals surface area contributed by atoms with E-state index in [1.165, 1.54) is 0 Å². The molecule has 0 saturated heterocycles. The van der Waals surface area contributed by atoms with Gasteiger partial charge in [0.05, 0.1) is 6.10 Å². The third-order valence-corrected chi connectivity index (χ3v) is 5.30. The standard InChI is InChI=1S/C18H26F2N2O4/c19-17(20)8-6-16(25,7-9-17)18(26,15(22)24)11-14(23)13(21)10-12-4-2-1-3-5-12/h1-5,13-14,23,25-26H,6-11,21H2,(H2,22,24)/t13-,14-,18+/m0/s1. The number of aliphatic hydroxyl groups excluding tert-OH is 1. The van der Waals surface area contributed by atoms with Crippen LogP contribution in [-0.2, 0) is 11.2 Å². The van der Waals surface area contributed by atoms with Gasteiger partial charge >= 0.3 is 0 Å². The maximum Gasteiger partial charge on any atom is 0.252 e. The second-order valence-corrected chi connectivity index (χ2v) is 7.24. The highest BCUT2D eigenvalue weighted by molar-refractivity contribution is 5.85. The Kier molecular flexibility index (Phi) is 6.02. The molecule has 3 atom stereocenters. The van der Waals surface area contributed by atoms with Crippen LogP contribution in [0.25, 0.3) is 0 Å². The van der Waals surface area contributed by atoms with Crippen molar-refractivity contribution in [1.29, 1.82) is 0 Å². The molecule has 6 nitrogen and oxygen atoms in total. The molecule has 0 heterocycles. The molecule has 1 fully saturated rings. The first-order chi connectivity index (χ1) is 12.0. The second kappa shape index (κ2) is 7.56. The lowest BCUT2D eigenvalue weighted by atomic mass is 9.68. The number of carbonyl (C=O) groups excluding carboxylic acids is 1. The number of hydrogen-bond donors (Lipinski definition) is 5. The van der Waals surface area contributed by atoms with Gasteiger partial charge in [-0.15, -0.1) is 0 Å². The summed E-state index contributed by atoms with van der Waals surface area (Å²) < 4.78 is 26.8. The average Bonchev–Trinajstić information content (AvgIpc) is 2.58. The summed E-state index contributed by atoms with van der Waals surface area (Å²) in [6.45, 7) is 0. The quantitative estimate of drug-likeness (QED) is 0.475. The van der Waals surface area contributed by atoms with Crippen molar-refractivity contribution >= 4 is 5.91 Å². The molecular formula is C18H26F2N2O4. The number of rotatable bonds is 7. The lowest BCUT2D eigenvalue weighted by molar-refractivity contribution is -0.207. The van der Waals surface area contributed by atoms with E-state index in [4.69, 9.17) is 11.5 Å². The highest BCUT2D eigenvalue weighted by Crippen LogP contribution is 2.45. The summed E-state index contributed by atoms with van der Waals surface area (Å²) in [4.78, 5) is 11.9. The summed E-state index contributed by atoms with van der Waals surface area (Å²) in [7, 11) is 0. The van der Waals surface area contributed by atoms with Crippen LogP contribution in [-0.4, -0.2) is 50.5 Å². The predicted molar refractivity (Wildman–Crippen MR) is 91.3 cm³/mol. The maximum atomic E-state index is 13.4. The number of benzene rings is 1. The summed E-state index contributed by atoms with van der Waals surface area (Å²) in [5.74, 6) is -4.23. The van der Waals surface area contributed by atoms with E-state index in [1.54, 1.807) is 12.1 Å². The van der Waals surface area contributed by atoms with Crippen LogP contribution < -0.4 is 11.5 Å². The topological polar surface area (TPSA) is 130 Å². The minimum Gasteiger partial charge on any atom is -0.391 e. The number of aliphatic hydroxyl groups is 3. The number of halogens is 2. The molecule has 0 unspecified atom stereocenters. The van der Waals surface area contributed by atoms with Gasteiger partial charge in [0.2, 0.25) is 5.92 Å². The van der Waals surface area contributed by atoms with Gasteiger partial charge in [0.15, 0.2) is 5.60 Å². The largest absolute Gasteiger partial charge is 0.391 e. The van der Waals surface area contributed by atoms with Crippen LogP contribution in [0.1, 0.15) is 37.7 Å². The van der Waals surface area contributed by atoms with Gasteiger partial charge in [0.1, 0.15) is 5.60 Å². The summed E-state index contributed by atoms with van der Waals surface area (Å²) in [5.41, 5.74) is 7.39. The fourth-order valence-corrected chi connectivity index (χ4v) is 3.44. The number of carbonyl (C=O) groups is 1. The summed E-state index contributed by atoms with van der Waals surface area (Å²) in [5, 5.41) is 31.8. The first-order valence-corrected chi connectivity index (χ1v) is 8.59. The molecule has 2 rings (SSSR count). The first-order valence-electron chi connectivity index (χ1n) is 8.59. The zero-order chi connectivity index (χ0) is 19.6. The molecule has 1 aromatic rings. The highest BCUT2D eigenvalue weighted by atomic mass is 19.3. The minimum absolute atomic E-state index is 0.271. The van der Waals surface area contributed by atoms with Gasteiger partial charge in [-0.25, -0.2) is 8.78 Å². The first kappa shape index (κ1) is 20.7. The molecule has 0 bridgehead atoms. The molecule has 26 heavy (non-hydrogen) atoms. The van der Waals surface area contributed by atoms with E-state index >= 15 is 0 Å². The Hall–Kier alpha value is -1.61. The van der Waals surface area contributed by atoms with E-state index in [0.717, 1.165) is 5.56 Å². The molecule has 7 N–H and O–H groups in total. The molecule has 1 saturated carbocycles. The maximum absolute atomic E-state index is 13.4. The Balaban J connectivity index is 2.12. The second-order valence-electron chi connectivity index (χ2n) is 7.24. The van der Waals surface area contributed by atoms with E-state index in [2.05, 4.69) is 0 Å². The van der Waals surface area contributed by atoms with Gasteiger partial charge in [0.25, 0.3) is 5.91 Å². The summed E-state index contributed by atoms with van der Waals surface area (Å²) >= 11 is 0. The van der Waals surface area contributed by atoms with Gasteiger partial charge < -0.3 is 26.8 Å². The molecule has 0 aromatic heterocycles. The third-order valence-electron chi connectivity index (χ3n) is 5.30. The van der Waals surface area contributed by atoms with Gasteiger partial charge in [0, 0.05) is 25.3 Å². The Morgan fingerprint density at radius 3 is 2.23 bits per heavy atom. The number of alkyl halides is 2. The van der Waals surface area contributed by atoms with Crippen LogP contribution in [0.3, 0.4) is 0 Å². The monoisotopic (exact) mass is 372 g/mol. The van der Waals surface area contributed by atoms with Gasteiger partial charge in [-0.2, -0.15) is 0 Å². The van der Waals surface area contributed by atoms with Crippen LogP contribution in [0.15, 0.2) is 30.3 Å². The number of primary amides is 1. The van der Waals surface area contributed by atoms with Crippen molar-refractivity contribution in [2.45, 2.75) is 67.8 Å². The van der Waals surface area contributed by atoms with Crippen LogP contribution in [0.2, 0.25) is 0 Å². The predicted octanol–water partition coefficient (Wildman–Crippen LogP) is 0.464. The number of hydrogen-bond acceptors (Lipinski definition) is 5. The Bertz CT molecular complexity index is 619. The van der Waals surface area contributed by atoms with Gasteiger partial charge in [-0.05, 0) is 24.8 Å². The zero-order valence-electron chi connectivity index (χ0n) is 14.4. The van der Waals surface area contributed by atoms with Crippen molar-refractivity contribution in [1.82, 2.24) is 0 Å². The van der Waals surface area contributed by atoms with Gasteiger partial charge in [-0.1, -0.05) is 30.3 Å². The van der Waals surface area contributed by atoms with Crippen molar-refractivity contribution in [3.63, 3.8) is 0 Å². The molecule has 0 radical (unpaired) electrons. The molecule has 1 aliphatic carbocycles. The zero-order valence-corrected chi connectivity index (χ0v) is 14.4. The molecule has 0 aliphatic heterocycles. The van der Waals surface area contributed by atoms with E-state index in [-0.39, 0.29) is 6.42 Å². The number of amides is 1. The number of nitrogens with two attached hydrogens (primary N) is 2. The normalized spacial score (nSPS) is 23.6. The fraction of sp³-hybridized carbons (Fsp3) is 0.611. The van der Waals surface area contributed by atoms with E-state index < -0.39 is 67.3 Å². The summed E-state index contributed by atoms with van der Waals surface area (Å²) in [6, 6.07) is 8.22. The third kappa shape index (κ3) is 4.37. The average molecular weight is 372 g/mol. The van der Waals surface area contributed by atoms with Crippen molar-refractivity contribution in [3.8, 4) is 0 Å². The lowest BCUT2D eigenvalue weighted by Crippen LogP contribution is -2.65.